The molecule has 42 heavy (non-hydrogen) atoms. The summed E-state index contributed by atoms with van der Waals surface area (Å²) in [5.41, 5.74) is 1.63. The van der Waals surface area contributed by atoms with Crippen LogP contribution >= 0.6 is 0 Å². The minimum absolute atomic E-state index is 0.122. The van der Waals surface area contributed by atoms with Crippen LogP contribution in [0.25, 0.3) is 0 Å². The summed E-state index contributed by atoms with van der Waals surface area (Å²) in [6.07, 6.45) is -1.36. The number of rotatable bonds is 7. The Morgan fingerprint density at radius 3 is 2.24 bits per heavy atom. The lowest BCUT2D eigenvalue weighted by Gasteiger charge is -2.21. The predicted octanol–water partition coefficient (Wildman–Crippen LogP) is 4.20. The number of phenols is 2. The molecule has 3 amide bonds. The van der Waals surface area contributed by atoms with E-state index < -0.39 is 23.9 Å². The molecule has 4 aromatic carbocycles. The van der Waals surface area contributed by atoms with E-state index >= 15 is 0 Å². The number of aromatic hydroxyl groups is 2. The zero-order chi connectivity index (χ0) is 30.1. The second-order valence-electron chi connectivity index (χ2n) is 9.33. The van der Waals surface area contributed by atoms with Gasteiger partial charge in [-0.2, -0.15) is 0 Å². The van der Waals surface area contributed by atoms with Crippen LogP contribution in [0.4, 0.5) is 17.1 Å². The maximum Gasteiger partial charge on any atom is 0.424 e. The number of aliphatic hydroxyl groups excluding tert-OH is 1. The zero-order valence-electron chi connectivity index (χ0n) is 22.6. The molecule has 0 aromatic heterocycles. The number of hydrogen-bond donors (Lipinski definition) is 4. The van der Waals surface area contributed by atoms with Crippen molar-refractivity contribution in [3.05, 3.63) is 101 Å². The van der Waals surface area contributed by atoms with Crippen molar-refractivity contribution in [3.63, 3.8) is 0 Å². The first-order valence-electron chi connectivity index (χ1n) is 12.6. The van der Waals surface area contributed by atoms with Gasteiger partial charge < -0.3 is 30.1 Å². The zero-order valence-corrected chi connectivity index (χ0v) is 22.6. The molecule has 1 unspecified atom stereocenters. The molecule has 212 valence electrons. The summed E-state index contributed by atoms with van der Waals surface area (Å²) in [6, 6.07) is 19.2. The van der Waals surface area contributed by atoms with Gasteiger partial charge in [-0.3, -0.25) is 14.5 Å². The third-order valence-electron chi connectivity index (χ3n) is 6.81. The highest BCUT2D eigenvalue weighted by atomic mass is 16.5. The maximum atomic E-state index is 13.4. The molecule has 5 rings (SSSR count). The van der Waals surface area contributed by atoms with Gasteiger partial charge in [-0.1, -0.05) is 12.1 Å². The molecule has 0 spiro atoms. The fourth-order valence-corrected chi connectivity index (χ4v) is 4.63. The molecule has 4 aromatic rings. The van der Waals surface area contributed by atoms with Crippen LogP contribution in [0.2, 0.25) is 0 Å². The first kappa shape index (κ1) is 27.9. The van der Waals surface area contributed by atoms with Crippen LogP contribution in [0.5, 0.6) is 23.0 Å². The molecule has 1 heterocycles. The SMILES string of the molecule is C=[N+](C(=O)c1cccc(N2C(=O)c3cc(C(=O)Nc4ccc(OC)c(O)c4)ccc3C2O)c1)c1ccc(OC)c(O)c1. The first-order valence-corrected chi connectivity index (χ1v) is 12.6. The number of fused-ring (bicyclic) bond motifs is 1. The monoisotopic (exact) mass is 568 g/mol. The van der Waals surface area contributed by atoms with Gasteiger partial charge in [0.25, 0.3) is 11.8 Å². The third kappa shape index (κ3) is 5.00. The van der Waals surface area contributed by atoms with Crippen molar-refractivity contribution in [2.24, 2.45) is 0 Å². The normalized spacial score (nSPS) is 13.8. The van der Waals surface area contributed by atoms with Gasteiger partial charge in [0.05, 0.1) is 25.8 Å². The molecular weight excluding hydrogens is 542 g/mol. The summed E-state index contributed by atoms with van der Waals surface area (Å²) >= 11 is 0. The van der Waals surface area contributed by atoms with E-state index in [1.165, 1.54) is 68.8 Å². The Morgan fingerprint density at radius 2 is 1.57 bits per heavy atom. The number of amides is 3. The fraction of sp³-hybridized carbons (Fsp3) is 0.0968. The molecule has 0 fully saturated rings. The summed E-state index contributed by atoms with van der Waals surface area (Å²) in [5, 5.41) is 33.7. The van der Waals surface area contributed by atoms with Crippen molar-refractivity contribution in [1.29, 1.82) is 0 Å². The van der Waals surface area contributed by atoms with Crippen molar-refractivity contribution >= 4 is 41.5 Å². The number of benzene rings is 4. The first-order chi connectivity index (χ1) is 20.1. The number of nitrogens with one attached hydrogen (secondary N) is 1. The van der Waals surface area contributed by atoms with Crippen LogP contribution in [0, 0.1) is 0 Å². The van der Waals surface area contributed by atoms with Crippen LogP contribution in [-0.4, -0.2) is 58.6 Å². The molecule has 1 aliphatic rings. The minimum Gasteiger partial charge on any atom is -0.504 e. The molecule has 11 nitrogen and oxygen atoms in total. The van der Waals surface area contributed by atoms with Gasteiger partial charge in [0.2, 0.25) is 5.69 Å². The molecule has 0 radical (unpaired) electrons. The van der Waals surface area contributed by atoms with Crippen molar-refractivity contribution < 1.29 is 43.8 Å². The van der Waals surface area contributed by atoms with Gasteiger partial charge in [0.15, 0.2) is 29.2 Å². The van der Waals surface area contributed by atoms with Gasteiger partial charge in [0.1, 0.15) is 6.72 Å². The second-order valence-corrected chi connectivity index (χ2v) is 9.33. The number of methoxy groups -OCH3 is 2. The van der Waals surface area contributed by atoms with E-state index in [2.05, 4.69) is 12.0 Å². The van der Waals surface area contributed by atoms with Crippen LogP contribution in [-0.2, 0) is 0 Å². The number of carbonyl (C=O) groups is 3. The number of aliphatic hydroxyl groups is 1. The number of hydrogen-bond acceptors (Lipinski definition) is 8. The molecule has 1 aliphatic heterocycles. The standard InChI is InChI=1S/C31H25N3O8/c1-33(20-9-12-27(42-3)25(36)16-20)29(38)18-5-4-6-21(13-18)34-30(39)22-10-7-17(14-23(22)31(34)40)28(37)32-19-8-11-26(41-2)24(35)15-19/h4-16,30,39H,1H2,2-3H3,(H2-,32,35,36,37)/p+1. The molecule has 11 heteroatoms. The summed E-state index contributed by atoms with van der Waals surface area (Å²) in [6.45, 7) is 3.78. The van der Waals surface area contributed by atoms with E-state index in [1.54, 1.807) is 24.3 Å². The van der Waals surface area contributed by atoms with E-state index in [0.29, 0.717) is 16.9 Å². The highest BCUT2D eigenvalue weighted by molar-refractivity contribution is 6.13. The number of ether oxygens (including phenoxy) is 2. The van der Waals surface area contributed by atoms with E-state index in [-0.39, 0.29) is 45.4 Å². The van der Waals surface area contributed by atoms with Crippen molar-refractivity contribution in [3.8, 4) is 23.0 Å². The molecule has 0 saturated carbocycles. The lowest BCUT2D eigenvalue weighted by Crippen LogP contribution is -2.28. The Kier molecular flexibility index (Phi) is 7.34. The van der Waals surface area contributed by atoms with Crippen LogP contribution in [0.3, 0.4) is 0 Å². The summed E-state index contributed by atoms with van der Waals surface area (Å²) in [4.78, 5) is 40.7. The van der Waals surface area contributed by atoms with Gasteiger partial charge in [-0.15, -0.1) is 4.58 Å². The lowest BCUT2D eigenvalue weighted by molar-refractivity contribution is -0.324. The highest BCUT2D eigenvalue weighted by Crippen LogP contribution is 2.37. The minimum atomic E-state index is -1.36. The Labute approximate surface area is 240 Å². The third-order valence-corrected chi connectivity index (χ3v) is 6.81. The number of anilines is 2. The molecular formula is C31H26N3O8+. The molecule has 1 atom stereocenters. The van der Waals surface area contributed by atoms with Gasteiger partial charge in [-0.05, 0) is 48.5 Å². The quantitative estimate of drug-likeness (QED) is 0.191. The molecule has 0 saturated heterocycles. The summed E-state index contributed by atoms with van der Waals surface area (Å²) in [5.74, 6) is -1.45. The average molecular weight is 569 g/mol. The number of carbonyl (C=O) groups excluding carboxylic acids is 3. The van der Waals surface area contributed by atoms with Crippen LogP contribution in [0.15, 0.2) is 78.9 Å². The number of phenolic OH excluding ortho intramolecular Hbond substituents is 2. The van der Waals surface area contributed by atoms with Crippen molar-refractivity contribution in [2.75, 3.05) is 24.4 Å². The molecule has 0 bridgehead atoms. The van der Waals surface area contributed by atoms with E-state index in [1.807, 2.05) is 0 Å². The van der Waals surface area contributed by atoms with E-state index in [4.69, 9.17) is 9.47 Å². The smallest absolute Gasteiger partial charge is 0.424 e. The fourth-order valence-electron chi connectivity index (χ4n) is 4.63. The second kappa shape index (κ2) is 11.1. The van der Waals surface area contributed by atoms with Gasteiger partial charge in [0, 0.05) is 40.2 Å². The Morgan fingerprint density at radius 1 is 0.881 bits per heavy atom. The largest absolute Gasteiger partial charge is 0.504 e. The Balaban J connectivity index is 1.37. The average Bonchev–Trinajstić information content (AvgIpc) is 3.25. The lowest BCUT2D eigenvalue weighted by atomic mass is 10.0. The Hall–Kier alpha value is -5.68. The van der Waals surface area contributed by atoms with Crippen molar-refractivity contribution in [2.45, 2.75) is 6.23 Å². The molecule has 0 aliphatic carbocycles. The van der Waals surface area contributed by atoms with Crippen LogP contribution < -0.4 is 19.7 Å². The predicted molar refractivity (Wildman–Crippen MR) is 153 cm³/mol. The van der Waals surface area contributed by atoms with Crippen molar-refractivity contribution in [1.82, 2.24) is 0 Å². The highest BCUT2D eigenvalue weighted by Gasteiger charge is 2.37. The van der Waals surface area contributed by atoms with E-state index in [9.17, 15) is 29.7 Å². The van der Waals surface area contributed by atoms with Crippen LogP contribution in [0.1, 0.15) is 42.9 Å². The van der Waals surface area contributed by atoms with Gasteiger partial charge in [-0.25, -0.2) is 4.79 Å². The maximum absolute atomic E-state index is 13.4. The molecule has 4 N–H and O–H groups in total. The summed E-state index contributed by atoms with van der Waals surface area (Å²) < 4.78 is 11.1. The van der Waals surface area contributed by atoms with Gasteiger partial charge >= 0.3 is 5.91 Å². The summed E-state index contributed by atoms with van der Waals surface area (Å²) in [7, 11) is 2.82. The topological polar surface area (TPSA) is 149 Å². The van der Waals surface area contributed by atoms with E-state index in [0.717, 1.165) is 9.48 Å². The number of nitrogens with zero attached hydrogens (tertiary/aromatic N) is 2. The Bertz CT molecular complexity index is 1770.